The van der Waals surface area contributed by atoms with Crippen molar-refractivity contribution in [2.75, 3.05) is 26.2 Å². The number of nitrogens with zero attached hydrogens (tertiary/aromatic N) is 1. The van der Waals surface area contributed by atoms with Crippen LogP contribution in [0, 0.1) is 5.92 Å². The predicted molar refractivity (Wildman–Crippen MR) is 53.5 cm³/mol. The highest BCUT2D eigenvalue weighted by Crippen LogP contribution is 2.26. The summed E-state index contributed by atoms with van der Waals surface area (Å²) in [4.78, 5) is 1.44. The van der Waals surface area contributed by atoms with Crippen LogP contribution in [-0.4, -0.2) is 37.3 Å². The molecule has 0 saturated heterocycles. The van der Waals surface area contributed by atoms with Crippen molar-refractivity contribution in [3.63, 3.8) is 0 Å². The Kier molecular flexibility index (Phi) is 4.86. The summed E-state index contributed by atoms with van der Waals surface area (Å²) < 4.78 is 36.7. The standard InChI is InChI=1S/C10H19F3N2/c11-10(12,13)8-15(6-5-14)7-9-3-1-2-4-9/h9H,1-8,14H2. The van der Waals surface area contributed by atoms with Gasteiger partial charge in [-0.3, -0.25) is 4.90 Å². The zero-order chi connectivity index (χ0) is 11.3. The highest BCUT2D eigenvalue weighted by atomic mass is 19.4. The van der Waals surface area contributed by atoms with E-state index in [1.54, 1.807) is 0 Å². The van der Waals surface area contributed by atoms with Gasteiger partial charge in [0.1, 0.15) is 0 Å². The lowest BCUT2D eigenvalue weighted by atomic mass is 10.1. The quantitative estimate of drug-likeness (QED) is 0.774. The topological polar surface area (TPSA) is 29.3 Å². The maximum atomic E-state index is 12.2. The van der Waals surface area contributed by atoms with Crippen LogP contribution in [0.2, 0.25) is 0 Å². The van der Waals surface area contributed by atoms with Crippen LogP contribution in [0.1, 0.15) is 25.7 Å². The molecule has 0 unspecified atom stereocenters. The van der Waals surface area contributed by atoms with E-state index < -0.39 is 12.7 Å². The fourth-order valence-corrected chi connectivity index (χ4v) is 2.23. The number of hydrogen-bond donors (Lipinski definition) is 1. The van der Waals surface area contributed by atoms with Crippen LogP contribution in [0.4, 0.5) is 13.2 Å². The van der Waals surface area contributed by atoms with E-state index in [0.29, 0.717) is 25.6 Å². The van der Waals surface area contributed by atoms with Gasteiger partial charge in [0.15, 0.2) is 0 Å². The van der Waals surface area contributed by atoms with Crippen molar-refractivity contribution in [3.8, 4) is 0 Å². The summed E-state index contributed by atoms with van der Waals surface area (Å²) in [6.45, 7) is 0.371. The Morgan fingerprint density at radius 3 is 2.27 bits per heavy atom. The van der Waals surface area contributed by atoms with E-state index in [9.17, 15) is 13.2 Å². The smallest absolute Gasteiger partial charge is 0.329 e. The Morgan fingerprint density at radius 2 is 1.80 bits per heavy atom. The molecule has 2 nitrogen and oxygen atoms in total. The average Bonchev–Trinajstić information content (AvgIpc) is 2.54. The maximum absolute atomic E-state index is 12.2. The number of rotatable bonds is 5. The van der Waals surface area contributed by atoms with E-state index in [1.165, 1.54) is 4.90 Å². The van der Waals surface area contributed by atoms with Gasteiger partial charge in [0.25, 0.3) is 0 Å². The largest absolute Gasteiger partial charge is 0.401 e. The Balaban J connectivity index is 2.35. The van der Waals surface area contributed by atoms with Crippen LogP contribution >= 0.6 is 0 Å². The monoisotopic (exact) mass is 224 g/mol. The summed E-state index contributed by atoms with van der Waals surface area (Å²) in [5, 5.41) is 0. The minimum atomic E-state index is -4.10. The van der Waals surface area contributed by atoms with E-state index in [0.717, 1.165) is 25.7 Å². The minimum absolute atomic E-state index is 0.294. The van der Waals surface area contributed by atoms with Crippen LogP contribution in [0.3, 0.4) is 0 Å². The van der Waals surface area contributed by atoms with Gasteiger partial charge < -0.3 is 5.73 Å². The molecule has 0 radical (unpaired) electrons. The van der Waals surface area contributed by atoms with Gasteiger partial charge in [0.05, 0.1) is 6.54 Å². The number of hydrogen-bond acceptors (Lipinski definition) is 2. The first-order valence-electron chi connectivity index (χ1n) is 5.50. The van der Waals surface area contributed by atoms with E-state index in [-0.39, 0.29) is 0 Å². The summed E-state index contributed by atoms with van der Waals surface area (Å²) in [6, 6.07) is 0. The Bertz CT molecular complexity index is 176. The Morgan fingerprint density at radius 1 is 1.20 bits per heavy atom. The molecule has 90 valence electrons. The molecule has 0 atom stereocenters. The average molecular weight is 224 g/mol. The van der Waals surface area contributed by atoms with Crippen molar-refractivity contribution in [1.82, 2.24) is 4.90 Å². The second kappa shape index (κ2) is 5.70. The molecular formula is C10H19F3N2. The van der Waals surface area contributed by atoms with Crippen LogP contribution in [0.15, 0.2) is 0 Å². The van der Waals surface area contributed by atoms with E-state index in [2.05, 4.69) is 0 Å². The van der Waals surface area contributed by atoms with Crippen molar-refractivity contribution in [2.45, 2.75) is 31.9 Å². The molecule has 0 aromatic rings. The molecule has 2 N–H and O–H groups in total. The van der Waals surface area contributed by atoms with Crippen LogP contribution in [0.5, 0.6) is 0 Å². The molecule has 0 bridgehead atoms. The third-order valence-corrected chi connectivity index (χ3v) is 2.84. The lowest BCUT2D eigenvalue weighted by Gasteiger charge is -2.25. The van der Waals surface area contributed by atoms with E-state index in [1.807, 2.05) is 0 Å². The molecule has 0 spiro atoms. The minimum Gasteiger partial charge on any atom is -0.329 e. The Labute approximate surface area is 88.6 Å². The van der Waals surface area contributed by atoms with Gasteiger partial charge in [-0.25, -0.2) is 0 Å². The van der Waals surface area contributed by atoms with Crippen molar-refractivity contribution in [2.24, 2.45) is 11.7 Å². The van der Waals surface area contributed by atoms with Crippen LogP contribution in [0.25, 0.3) is 0 Å². The second-order valence-corrected chi connectivity index (χ2v) is 4.29. The number of halogens is 3. The fourth-order valence-electron chi connectivity index (χ4n) is 2.23. The first-order chi connectivity index (χ1) is 7.01. The SMILES string of the molecule is NCCN(CC1CCCC1)CC(F)(F)F. The normalized spacial score (nSPS) is 19.0. The van der Waals surface area contributed by atoms with Gasteiger partial charge in [-0.2, -0.15) is 13.2 Å². The van der Waals surface area contributed by atoms with Crippen molar-refractivity contribution < 1.29 is 13.2 Å². The summed E-state index contributed by atoms with van der Waals surface area (Å²) in [5.41, 5.74) is 5.31. The van der Waals surface area contributed by atoms with Gasteiger partial charge in [-0.05, 0) is 18.8 Å². The highest BCUT2D eigenvalue weighted by Gasteiger charge is 2.31. The molecule has 1 aliphatic rings. The molecule has 0 amide bonds. The molecule has 1 rings (SSSR count). The number of nitrogens with two attached hydrogens (primary N) is 1. The van der Waals surface area contributed by atoms with Crippen molar-refractivity contribution in [3.05, 3.63) is 0 Å². The third kappa shape index (κ3) is 5.37. The molecule has 0 heterocycles. The van der Waals surface area contributed by atoms with Gasteiger partial charge in [-0.15, -0.1) is 0 Å². The van der Waals surface area contributed by atoms with Crippen LogP contribution in [-0.2, 0) is 0 Å². The summed E-state index contributed by atoms with van der Waals surface area (Å²) in [6.07, 6.45) is 0.353. The molecule has 1 saturated carbocycles. The maximum Gasteiger partial charge on any atom is 0.401 e. The van der Waals surface area contributed by atoms with Gasteiger partial charge in [0, 0.05) is 19.6 Å². The molecule has 0 aromatic heterocycles. The molecule has 5 heteroatoms. The summed E-state index contributed by atoms with van der Waals surface area (Å²) >= 11 is 0. The van der Waals surface area contributed by atoms with Gasteiger partial charge >= 0.3 is 6.18 Å². The first kappa shape index (κ1) is 12.8. The fraction of sp³-hybridized carbons (Fsp3) is 1.00. The molecule has 1 fully saturated rings. The third-order valence-electron chi connectivity index (χ3n) is 2.84. The van der Waals surface area contributed by atoms with Gasteiger partial charge in [-0.1, -0.05) is 12.8 Å². The molecule has 15 heavy (non-hydrogen) atoms. The zero-order valence-electron chi connectivity index (χ0n) is 8.89. The lowest BCUT2D eigenvalue weighted by molar-refractivity contribution is -0.146. The summed E-state index contributed by atoms with van der Waals surface area (Å²) in [5.74, 6) is 0.443. The molecule has 0 aliphatic heterocycles. The second-order valence-electron chi connectivity index (χ2n) is 4.29. The van der Waals surface area contributed by atoms with Crippen LogP contribution < -0.4 is 5.73 Å². The number of alkyl halides is 3. The van der Waals surface area contributed by atoms with Gasteiger partial charge in [0.2, 0.25) is 0 Å². The zero-order valence-corrected chi connectivity index (χ0v) is 8.89. The van der Waals surface area contributed by atoms with Crippen molar-refractivity contribution in [1.29, 1.82) is 0 Å². The predicted octanol–water partition coefficient (Wildman–Crippen LogP) is 2.00. The molecular weight excluding hydrogens is 205 g/mol. The lowest BCUT2D eigenvalue weighted by Crippen LogP contribution is -2.40. The Hall–Kier alpha value is -0.290. The molecule has 1 aliphatic carbocycles. The van der Waals surface area contributed by atoms with E-state index in [4.69, 9.17) is 5.73 Å². The highest BCUT2D eigenvalue weighted by molar-refractivity contribution is 4.73. The molecule has 0 aromatic carbocycles. The van der Waals surface area contributed by atoms with Crippen molar-refractivity contribution >= 4 is 0 Å². The first-order valence-corrected chi connectivity index (χ1v) is 5.50. The van der Waals surface area contributed by atoms with E-state index >= 15 is 0 Å². The summed E-state index contributed by atoms with van der Waals surface area (Å²) in [7, 11) is 0.